The van der Waals surface area contributed by atoms with Crippen molar-refractivity contribution in [3.8, 4) is 6.07 Å². The molecule has 2 aromatic rings. The third-order valence-corrected chi connectivity index (χ3v) is 3.03. The fourth-order valence-corrected chi connectivity index (χ4v) is 2.05. The number of nitriles is 1. The molecule has 19 heavy (non-hydrogen) atoms. The van der Waals surface area contributed by atoms with Crippen LogP contribution in [0.5, 0.6) is 0 Å². The van der Waals surface area contributed by atoms with E-state index in [4.69, 9.17) is 11.0 Å². The largest absolute Gasteiger partial charge is 0.399 e. The van der Waals surface area contributed by atoms with Gasteiger partial charge in [0.2, 0.25) is 0 Å². The third kappa shape index (κ3) is 2.74. The number of anilines is 2. The molecule has 1 aromatic carbocycles. The molecule has 0 aliphatic rings. The van der Waals surface area contributed by atoms with Crippen LogP contribution >= 0.6 is 0 Å². The third-order valence-electron chi connectivity index (χ3n) is 3.03. The smallest absolute Gasteiger partial charge is 0.139 e. The second-order valence-corrected chi connectivity index (χ2v) is 4.54. The van der Waals surface area contributed by atoms with Gasteiger partial charge < -0.3 is 10.6 Å². The summed E-state index contributed by atoms with van der Waals surface area (Å²) >= 11 is 0. The minimum Gasteiger partial charge on any atom is -0.399 e. The molecule has 98 valence electrons. The van der Waals surface area contributed by atoms with E-state index in [-0.39, 0.29) is 5.92 Å². The Kier molecular flexibility index (Phi) is 3.81. The van der Waals surface area contributed by atoms with E-state index in [9.17, 15) is 0 Å². The van der Waals surface area contributed by atoms with E-state index in [1.807, 2.05) is 32.0 Å². The lowest BCUT2D eigenvalue weighted by atomic mass is 10.1. The van der Waals surface area contributed by atoms with Crippen molar-refractivity contribution in [1.29, 1.82) is 5.26 Å². The zero-order chi connectivity index (χ0) is 13.8. The van der Waals surface area contributed by atoms with Crippen LogP contribution in [0.4, 0.5) is 11.5 Å². The lowest BCUT2D eigenvalue weighted by molar-refractivity contribution is 0.681. The molecule has 1 unspecified atom stereocenters. The highest BCUT2D eigenvalue weighted by molar-refractivity contribution is 5.91. The standard InChI is InChI=1S/C14H17N5/c1-3-19(8-10(2)7-15)14-12-6-11(16)4-5-13(12)17-9-18-14/h4-6,9-10H,3,8,16H2,1-2H3. The molecule has 0 aliphatic carbocycles. The molecule has 0 bridgehead atoms. The molecular weight excluding hydrogens is 238 g/mol. The van der Waals surface area contributed by atoms with E-state index in [1.165, 1.54) is 0 Å². The average Bonchev–Trinajstić information content (AvgIpc) is 2.44. The summed E-state index contributed by atoms with van der Waals surface area (Å²) in [7, 11) is 0. The van der Waals surface area contributed by atoms with Crippen molar-refractivity contribution >= 4 is 22.4 Å². The first kappa shape index (κ1) is 13.1. The summed E-state index contributed by atoms with van der Waals surface area (Å²) in [4.78, 5) is 10.7. The van der Waals surface area contributed by atoms with Crippen molar-refractivity contribution in [2.24, 2.45) is 5.92 Å². The lowest BCUT2D eigenvalue weighted by Gasteiger charge is -2.24. The Hall–Kier alpha value is -2.35. The summed E-state index contributed by atoms with van der Waals surface area (Å²) in [5, 5.41) is 9.88. The Morgan fingerprint density at radius 2 is 2.21 bits per heavy atom. The molecule has 2 N–H and O–H groups in total. The topological polar surface area (TPSA) is 78.8 Å². The van der Waals surface area contributed by atoms with Gasteiger partial charge in [-0.1, -0.05) is 0 Å². The van der Waals surface area contributed by atoms with Crippen LogP contribution in [0.25, 0.3) is 10.9 Å². The first-order chi connectivity index (χ1) is 9.15. The van der Waals surface area contributed by atoms with Crippen molar-refractivity contribution in [3.63, 3.8) is 0 Å². The van der Waals surface area contributed by atoms with Gasteiger partial charge in [0, 0.05) is 24.2 Å². The van der Waals surface area contributed by atoms with Crippen LogP contribution in [0, 0.1) is 17.2 Å². The van der Waals surface area contributed by atoms with E-state index in [2.05, 4.69) is 20.9 Å². The maximum atomic E-state index is 8.95. The quantitative estimate of drug-likeness (QED) is 0.847. The summed E-state index contributed by atoms with van der Waals surface area (Å²) in [6.07, 6.45) is 1.55. The fourth-order valence-electron chi connectivity index (χ4n) is 2.05. The molecule has 0 radical (unpaired) electrons. The van der Waals surface area contributed by atoms with Gasteiger partial charge >= 0.3 is 0 Å². The molecular formula is C14H17N5. The van der Waals surface area contributed by atoms with E-state index >= 15 is 0 Å². The zero-order valence-corrected chi connectivity index (χ0v) is 11.2. The molecule has 1 heterocycles. The minimum atomic E-state index is -0.0500. The number of nitrogens with zero attached hydrogens (tertiary/aromatic N) is 4. The van der Waals surface area contributed by atoms with Gasteiger partial charge in [0.1, 0.15) is 12.1 Å². The highest BCUT2D eigenvalue weighted by Crippen LogP contribution is 2.25. The van der Waals surface area contributed by atoms with E-state index < -0.39 is 0 Å². The Labute approximate surface area is 112 Å². The normalized spacial score (nSPS) is 12.1. The molecule has 1 atom stereocenters. The Morgan fingerprint density at radius 3 is 2.89 bits per heavy atom. The monoisotopic (exact) mass is 255 g/mol. The second-order valence-electron chi connectivity index (χ2n) is 4.54. The maximum absolute atomic E-state index is 8.95. The molecule has 5 nitrogen and oxygen atoms in total. The summed E-state index contributed by atoms with van der Waals surface area (Å²) in [6, 6.07) is 7.84. The van der Waals surface area contributed by atoms with Gasteiger partial charge in [0.25, 0.3) is 0 Å². The highest BCUT2D eigenvalue weighted by Gasteiger charge is 2.13. The van der Waals surface area contributed by atoms with Crippen LogP contribution in [0.1, 0.15) is 13.8 Å². The molecule has 5 heteroatoms. The first-order valence-electron chi connectivity index (χ1n) is 6.30. The number of hydrogen-bond acceptors (Lipinski definition) is 5. The SMILES string of the molecule is CCN(CC(C)C#N)c1ncnc2ccc(N)cc12. The Bertz CT molecular complexity index is 617. The van der Waals surface area contributed by atoms with E-state index in [0.717, 1.165) is 23.3 Å². The number of aromatic nitrogens is 2. The van der Waals surface area contributed by atoms with Gasteiger partial charge in [-0.25, -0.2) is 9.97 Å². The van der Waals surface area contributed by atoms with Crippen LogP contribution in [-0.2, 0) is 0 Å². The number of rotatable bonds is 4. The zero-order valence-electron chi connectivity index (χ0n) is 11.2. The number of nitrogens with two attached hydrogens (primary N) is 1. The number of nitrogen functional groups attached to an aromatic ring is 1. The van der Waals surface area contributed by atoms with Crippen LogP contribution in [0.3, 0.4) is 0 Å². The maximum Gasteiger partial charge on any atom is 0.139 e. The van der Waals surface area contributed by atoms with Crippen LogP contribution in [0.15, 0.2) is 24.5 Å². The summed E-state index contributed by atoms with van der Waals surface area (Å²) in [6.45, 7) is 5.38. The molecule has 0 saturated heterocycles. The summed E-state index contributed by atoms with van der Waals surface area (Å²) in [5.74, 6) is 0.785. The van der Waals surface area contributed by atoms with Gasteiger partial charge in [-0.2, -0.15) is 5.26 Å². The van der Waals surface area contributed by atoms with Crippen molar-refractivity contribution in [2.75, 3.05) is 23.7 Å². The van der Waals surface area contributed by atoms with Crippen molar-refractivity contribution < 1.29 is 0 Å². The Morgan fingerprint density at radius 1 is 1.42 bits per heavy atom. The molecule has 0 aliphatic heterocycles. The van der Waals surface area contributed by atoms with Crippen molar-refractivity contribution in [3.05, 3.63) is 24.5 Å². The lowest BCUT2D eigenvalue weighted by Crippen LogP contribution is -2.28. The van der Waals surface area contributed by atoms with Crippen LogP contribution in [-0.4, -0.2) is 23.1 Å². The van der Waals surface area contributed by atoms with Gasteiger partial charge in [-0.05, 0) is 32.0 Å². The van der Waals surface area contributed by atoms with Gasteiger partial charge in [0.05, 0.1) is 17.5 Å². The van der Waals surface area contributed by atoms with Crippen LogP contribution in [0.2, 0.25) is 0 Å². The summed E-state index contributed by atoms with van der Waals surface area (Å²) < 4.78 is 0. The Balaban J connectivity index is 2.48. The molecule has 2 rings (SSSR count). The second kappa shape index (κ2) is 5.53. The van der Waals surface area contributed by atoms with Crippen molar-refractivity contribution in [2.45, 2.75) is 13.8 Å². The molecule has 0 spiro atoms. The first-order valence-corrected chi connectivity index (χ1v) is 6.30. The van der Waals surface area contributed by atoms with Gasteiger partial charge in [0.15, 0.2) is 0 Å². The number of hydrogen-bond donors (Lipinski definition) is 1. The predicted molar refractivity (Wildman–Crippen MR) is 76.6 cm³/mol. The van der Waals surface area contributed by atoms with E-state index in [0.29, 0.717) is 12.2 Å². The number of fused-ring (bicyclic) bond motifs is 1. The average molecular weight is 255 g/mol. The van der Waals surface area contributed by atoms with Gasteiger partial charge in [-0.3, -0.25) is 0 Å². The van der Waals surface area contributed by atoms with Crippen LogP contribution < -0.4 is 10.6 Å². The predicted octanol–water partition coefficient (Wildman–Crippen LogP) is 2.20. The summed E-state index contributed by atoms with van der Waals surface area (Å²) in [5.41, 5.74) is 7.39. The van der Waals surface area contributed by atoms with Crippen molar-refractivity contribution in [1.82, 2.24) is 9.97 Å². The number of benzene rings is 1. The molecule has 1 aromatic heterocycles. The minimum absolute atomic E-state index is 0.0500. The molecule has 0 amide bonds. The molecule has 0 saturated carbocycles. The fraction of sp³-hybridized carbons (Fsp3) is 0.357. The van der Waals surface area contributed by atoms with Gasteiger partial charge in [-0.15, -0.1) is 0 Å². The van der Waals surface area contributed by atoms with E-state index in [1.54, 1.807) is 6.33 Å². The highest BCUT2D eigenvalue weighted by atomic mass is 15.2. The molecule has 0 fully saturated rings.